The highest BCUT2D eigenvalue weighted by Crippen LogP contribution is 2.66. The van der Waals surface area contributed by atoms with E-state index in [1.807, 2.05) is 19.1 Å². The Morgan fingerprint density at radius 2 is 2.10 bits per heavy atom. The summed E-state index contributed by atoms with van der Waals surface area (Å²) in [6, 6.07) is 4.01. The molecule has 0 saturated heterocycles. The van der Waals surface area contributed by atoms with E-state index in [9.17, 15) is 0 Å². The molecule has 2 fully saturated rings. The third kappa shape index (κ3) is 1.79. The van der Waals surface area contributed by atoms with Crippen molar-refractivity contribution in [2.75, 3.05) is 0 Å². The predicted octanol–water partition coefficient (Wildman–Crippen LogP) is 3.44. The number of aryl methyl sites for hydroxylation is 1. The molecule has 0 radical (unpaired) electrons. The van der Waals surface area contributed by atoms with E-state index in [1.54, 1.807) is 0 Å². The third-order valence-corrected chi connectivity index (χ3v) is 6.37. The van der Waals surface area contributed by atoms with Gasteiger partial charge < -0.3 is 10.5 Å². The van der Waals surface area contributed by atoms with Gasteiger partial charge in [0.25, 0.3) is 0 Å². The van der Waals surface area contributed by atoms with Gasteiger partial charge in [0.05, 0.1) is 0 Å². The maximum absolute atomic E-state index is 6.28. The van der Waals surface area contributed by atoms with Gasteiger partial charge in [-0.1, -0.05) is 26.8 Å². The van der Waals surface area contributed by atoms with Gasteiger partial charge in [0.1, 0.15) is 6.10 Å². The van der Waals surface area contributed by atoms with Crippen molar-refractivity contribution >= 4 is 0 Å². The number of hydrogen-bond acceptors (Lipinski definition) is 3. The lowest BCUT2D eigenvalue weighted by atomic mass is 9.70. The number of aromatic nitrogens is 1. The molecule has 2 bridgehead atoms. The number of ether oxygens (including phenoxy) is 1. The molecule has 1 aromatic rings. The lowest BCUT2D eigenvalue weighted by Gasteiger charge is -2.38. The summed E-state index contributed by atoms with van der Waals surface area (Å²) in [7, 11) is 0. The van der Waals surface area contributed by atoms with Crippen molar-refractivity contribution in [2.24, 2.45) is 22.5 Å². The average molecular weight is 274 g/mol. The fraction of sp³-hybridized carbons (Fsp3) is 0.706. The number of rotatable bonds is 3. The van der Waals surface area contributed by atoms with Crippen LogP contribution < -0.4 is 10.5 Å². The first-order chi connectivity index (χ1) is 9.38. The normalized spacial score (nSPS) is 34.5. The average Bonchev–Trinajstić information content (AvgIpc) is 2.72. The van der Waals surface area contributed by atoms with E-state index in [0.29, 0.717) is 18.1 Å². The Morgan fingerprint density at radius 1 is 1.35 bits per heavy atom. The van der Waals surface area contributed by atoms with Crippen LogP contribution in [0.1, 0.15) is 51.3 Å². The molecule has 1 heterocycles. The number of pyridine rings is 1. The minimum Gasteiger partial charge on any atom is -0.474 e. The second-order valence-electron chi connectivity index (χ2n) is 7.32. The molecular formula is C17H26N2O. The Kier molecular flexibility index (Phi) is 3.09. The van der Waals surface area contributed by atoms with Crippen LogP contribution in [0.4, 0.5) is 0 Å². The van der Waals surface area contributed by atoms with Crippen molar-refractivity contribution in [3.05, 3.63) is 23.4 Å². The molecule has 3 rings (SSSR count). The molecule has 2 N–H and O–H groups in total. The third-order valence-electron chi connectivity index (χ3n) is 6.37. The van der Waals surface area contributed by atoms with Gasteiger partial charge in [0.15, 0.2) is 0 Å². The molecule has 3 heteroatoms. The Labute approximate surface area is 121 Å². The van der Waals surface area contributed by atoms with Gasteiger partial charge in [-0.15, -0.1) is 0 Å². The van der Waals surface area contributed by atoms with Gasteiger partial charge >= 0.3 is 0 Å². The summed E-state index contributed by atoms with van der Waals surface area (Å²) in [6.45, 7) is 9.75. The molecule has 0 aromatic carbocycles. The molecular weight excluding hydrogens is 248 g/mol. The van der Waals surface area contributed by atoms with Crippen molar-refractivity contribution in [3.8, 4) is 5.88 Å². The van der Waals surface area contributed by atoms with E-state index in [0.717, 1.165) is 23.1 Å². The molecule has 2 aliphatic carbocycles. The highest BCUT2D eigenvalue weighted by molar-refractivity contribution is 5.25. The van der Waals surface area contributed by atoms with Crippen LogP contribution in [-0.4, -0.2) is 11.1 Å². The summed E-state index contributed by atoms with van der Waals surface area (Å²) >= 11 is 0. The van der Waals surface area contributed by atoms with Gasteiger partial charge in [-0.2, -0.15) is 0 Å². The van der Waals surface area contributed by atoms with Crippen LogP contribution >= 0.6 is 0 Å². The second kappa shape index (κ2) is 4.45. The molecule has 3 unspecified atom stereocenters. The molecule has 3 nitrogen and oxygen atoms in total. The molecule has 0 aliphatic heterocycles. The summed E-state index contributed by atoms with van der Waals surface area (Å²) in [5, 5.41) is 0. The first-order valence-corrected chi connectivity index (χ1v) is 7.72. The van der Waals surface area contributed by atoms with Crippen molar-refractivity contribution in [1.29, 1.82) is 0 Å². The van der Waals surface area contributed by atoms with Gasteiger partial charge in [-0.3, -0.25) is 0 Å². The molecule has 2 saturated carbocycles. The van der Waals surface area contributed by atoms with Crippen LogP contribution in [0, 0.1) is 23.7 Å². The molecule has 110 valence electrons. The number of nitrogens with zero attached hydrogens (tertiary/aromatic N) is 1. The van der Waals surface area contributed by atoms with E-state index in [4.69, 9.17) is 10.5 Å². The van der Waals surface area contributed by atoms with Gasteiger partial charge in [-0.05, 0) is 43.1 Å². The van der Waals surface area contributed by atoms with E-state index in [1.165, 1.54) is 19.3 Å². The summed E-state index contributed by atoms with van der Waals surface area (Å²) < 4.78 is 6.28. The zero-order valence-electron chi connectivity index (χ0n) is 13.1. The summed E-state index contributed by atoms with van der Waals surface area (Å²) in [5.74, 6) is 1.55. The zero-order valence-corrected chi connectivity index (χ0v) is 13.1. The monoisotopic (exact) mass is 274 g/mol. The minimum absolute atomic E-state index is 0.278. The highest BCUT2D eigenvalue weighted by Gasteiger charge is 2.62. The highest BCUT2D eigenvalue weighted by atomic mass is 16.5. The van der Waals surface area contributed by atoms with Crippen LogP contribution in [0.5, 0.6) is 5.88 Å². The number of nitrogens with two attached hydrogens (primary N) is 1. The van der Waals surface area contributed by atoms with Gasteiger partial charge in [0, 0.05) is 23.7 Å². The van der Waals surface area contributed by atoms with E-state index < -0.39 is 0 Å². The molecule has 3 atom stereocenters. The standard InChI is InChI=1S/C17H26N2O/c1-11-12(10-18)5-6-15(19-11)20-14-9-13-7-8-17(14,4)16(13,2)3/h5-6,13-14H,7-10,18H2,1-4H3. The van der Waals surface area contributed by atoms with E-state index >= 15 is 0 Å². The Balaban J connectivity index is 1.81. The van der Waals surface area contributed by atoms with Gasteiger partial charge in [0.2, 0.25) is 5.88 Å². The molecule has 2 aliphatic rings. The predicted molar refractivity (Wildman–Crippen MR) is 80.5 cm³/mol. The topological polar surface area (TPSA) is 48.1 Å². The van der Waals surface area contributed by atoms with Crippen molar-refractivity contribution in [3.63, 3.8) is 0 Å². The molecule has 0 amide bonds. The van der Waals surface area contributed by atoms with E-state index in [2.05, 4.69) is 25.8 Å². The maximum atomic E-state index is 6.28. The first-order valence-electron chi connectivity index (χ1n) is 7.72. The first kappa shape index (κ1) is 13.9. The Morgan fingerprint density at radius 3 is 2.60 bits per heavy atom. The number of fused-ring (bicyclic) bond motifs is 2. The summed E-state index contributed by atoms with van der Waals surface area (Å²) in [5.41, 5.74) is 8.42. The lowest BCUT2D eigenvalue weighted by molar-refractivity contribution is 0.0272. The van der Waals surface area contributed by atoms with Crippen LogP contribution in [0.3, 0.4) is 0 Å². The minimum atomic E-state index is 0.278. The lowest BCUT2D eigenvalue weighted by Crippen LogP contribution is -2.39. The fourth-order valence-corrected chi connectivity index (χ4v) is 4.30. The zero-order chi connectivity index (χ0) is 14.5. The maximum Gasteiger partial charge on any atom is 0.213 e. The molecule has 1 aromatic heterocycles. The largest absolute Gasteiger partial charge is 0.474 e. The number of hydrogen-bond donors (Lipinski definition) is 1. The van der Waals surface area contributed by atoms with Crippen LogP contribution in [0.2, 0.25) is 0 Å². The molecule has 20 heavy (non-hydrogen) atoms. The van der Waals surface area contributed by atoms with Crippen molar-refractivity contribution in [2.45, 2.75) is 59.6 Å². The Hall–Kier alpha value is -1.09. The van der Waals surface area contributed by atoms with Crippen LogP contribution in [-0.2, 0) is 6.54 Å². The van der Waals surface area contributed by atoms with Crippen LogP contribution in [0.15, 0.2) is 12.1 Å². The Bertz CT molecular complexity index is 526. The smallest absolute Gasteiger partial charge is 0.213 e. The summed E-state index contributed by atoms with van der Waals surface area (Å²) in [6.07, 6.45) is 4.09. The van der Waals surface area contributed by atoms with Gasteiger partial charge in [-0.25, -0.2) is 4.98 Å². The fourth-order valence-electron chi connectivity index (χ4n) is 4.30. The SMILES string of the molecule is Cc1nc(OC2CC3CCC2(C)C3(C)C)ccc1CN. The van der Waals surface area contributed by atoms with Crippen molar-refractivity contribution < 1.29 is 4.74 Å². The molecule has 0 spiro atoms. The second-order valence-corrected chi connectivity index (χ2v) is 7.32. The van der Waals surface area contributed by atoms with Crippen molar-refractivity contribution in [1.82, 2.24) is 4.98 Å². The van der Waals surface area contributed by atoms with E-state index in [-0.39, 0.29) is 5.41 Å². The van der Waals surface area contributed by atoms with Crippen LogP contribution in [0.25, 0.3) is 0 Å². The quantitative estimate of drug-likeness (QED) is 0.918. The summed E-state index contributed by atoms with van der Waals surface area (Å²) in [4.78, 5) is 4.57.